The van der Waals surface area contributed by atoms with Gasteiger partial charge in [-0.25, -0.2) is 4.79 Å². The van der Waals surface area contributed by atoms with Crippen molar-refractivity contribution in [3.63, 3.8) is 0 Å². The number of piperazine rings is 1. The monoisotopic (exact) mass is 346 g/mol. The summed E-state index contributed by atoms with van der Waals surface area (Å²) in [7, 11) is 0. The molecular weight excluding hydrogens is 320 g/mol. The summed E-state index contributed by atoms with van der Waals surface area (Å²) in [6, 6.07) is 3.58. The van der Waals surface area contributed by atoms with Crippen molar-refractivity contribution in [1.82, 2.24) is 19.7 Å². The zero-order valence-corrected chi connectivity index (χ0v) is 14.8. The third-order valence-electron chi connectivity index (χ3n) is 4.86. The maximum Gasteiger partial charge on any atom is 0.409 e. The number of likely N-dealkylation sites (tertiary alicyclic amines) is 1. The number of hydrogen-bond acceptors (Lipinski definition) is 5. The van der Waals surface area contributed by atoms with Gasteiger partial charge in [-0.1, -0.05) is 6.07 Å². The second-order valence-corrected chi connectivity index (χ2v) is 6.44. The fourth-order valence-electron chi connectivity index (χ4n) is 3.54. The van der Waals surface area contributed by atoms with Gasteiger partial charge < -0.3 is 14.5 Å². The maximum absolute atomic E-state index is 13.2. The van der Waals surface area contributed by atoms with Crippen LogP contribution in [0.15, 0.2) is 24.5 Å². The van der Waals surface area contributed by atoms with Crippen LogP contribution in [-0.2, 0) is 9.53 Å². The Labute approximate surface area is 148 Å². The molecule has 2 saturated heterocycles. The number of rotatable bonds is 4. The minimum absolute atomic E-state index is 0.110. The third kappa shape index (κ3) is 4.10. The highest BCUT2D eigenvalue weighted by atomic mass is 16.6. The highest BCUT2D eigenvalue weighted by molar-refractivity contribution is 5.83. The van der Waals surface area contributed by atoms with Crippen molar-refractivity contribution in [1.29, 1.82) is 0 Å². The minimum Gasteiger partial charge on any atom is -0.450 e. The fourth-order valence-corrected chi connectivity index (χ4v) is 3.54. The number of pyridine rings is 1. The van der Waals surface area contributed by atoms with Gasteiger partial charge in [-0.15, -0.1) is 0 Å². The first kappa shape index (κ1) is 17.7. The average Bonchev–Trinajstić information content (AvgIpc) is 3.17. The molecule has 2 aliphatic rings. The normalized spacial score (nSPS) is 19.7. The molecule has 0 radical (unpaired) electrons. The van der Waals surface area contributed by atoms with Gasteiger partial charge in [0.1, 0.15) is 6.04 Å². The molecule has 0 saturated carbocycles. The lowest BCUT2D eigenvalue weighted by atomic mass is 10.1. The third-order valence-corrected chi connectivity index (χ3v) is 4.86. The molecule has 0 aliphatic carbocycles. The van der Waals surface area contributed by atoms with E-state index in [1.54, 1.807) is 24.2 Å². The predicted octanol–water partition coefficient (Wildman–Crippen LogP) is 1.52. The van der Waals surface area contributed by atoms with Crippen molar-refractivity contribution in [2.45, 2.75) is 25.8 Å². The van der Waals surface area contributed by atoms with Crippen LogP contribution in [0.3, 0.4) is 0 Å². The van der Waals surface area contributed by atoms with E-state index in [4.69, 9.17) is 4.74 Å². The summed E-state index contributed by atoms with van der Waals surface area (Å²) in [5.74, 6) is 0.110. The predicted molar refractivity (Wildman–Crippen MR) is 93.0 cm³/mol. The molecule has 7 heteroatoms. The molecule has 1 atom stereocenters. The van der Waals surface area contributed by atoms with Gasteiger partial charge in [-0.2, -0.15) is 0 Å². The van der Waals surface area contributed by atoms with E-state index in [9.17, 15) is 9.59 Å². The van der Waals surface area contributed by atoms with Gasteiger partial charge in [0.15, 0.2) is 0 Å². The van der Waals surface area contributed by atoms with Crippen molar-refractivity contribution in [3.8, 4) is 0 Å². The summed E-state index contributed by atoms with van der Waals surface area (Å²) in [6.07, 6.45) is 5.47. The topological polar surface area (TPSA) is 66.0 Å². The van der Waals surface area contributed by atoms with Gasteiger partial charge >= 0.3 is 6.09 Å². The van der Waals surface area contributed by atoms with E-state index in [0.29, 0.717) is 32.8 Å². The van der Waals surface area contributed by atoms with E-state index < -0.39 is 0 Å². The summed E-state index contributed by atoms with van der Waals surface area (Å²) >= 11 is 0. The van der Waals surface area contributed by atoms with E-state index in [-0.39, 0.29) is 18.0 Å². The van der Waals surface area contributed by atoms with Crippen LogP contribution >= 0.6 is 0 Å². The highest BCUT2D eigenvalue weighted by Gasteiger charge is 2.35. The Morgan fingerprint density at radius 2 is 1.80 bits per heavy atom. The van der Waals surface area contributed by atoms with Gasteiger partial charge in [0.05, 0.1) is 6.61 Å². The SMILES string of the molecule is CCOC(=O)N1CCN(C(=O)C(c2cccnc2)N2CCCC2)CC1. The number of hydrogen-bond donors (Lipinski definition) is 0. The molecule has 1 aromatic heterocycles. The van der Waals surface area contributed by atoms with Gasteiger partial charge in [-0.05, 0) is 44.5 Å². The molecule has 0 spiro atoms. The van der Waals surface area contributed by atoms with E-state index in [1.165, 1.54) is 0 Å². The van der Waals surface area contributed by atoms with Gasteiger partial charge in [0, 0.05) is 38.6 Å². The molecule has 0 N–H and O–H groups in total. The molecule has 3 rings (SSSR count). The van der Waals surface area contributed by atoms with Gasteiger partial charge in [0.2, 0.25) is 5.91 Å². The molecule has 7 nitrogen and oxygen atoms in total. The molecule has 3 heterocycles. The van der Waals surface area contributed by atoms with Crippen molar-refractivity contribution in [3.05, 3.63) is 30.1 Å². The van der Waals surface area contributed by atoms with Gasteiger partial charge in [0.25, 0.3) is 0 Å². The number of carbonyl (C=O) groups is 2. The smallest absolute Gasteiger partial charge is 0.409 e. The van der Waals surface area contributed by atoms with E-state index in [1.807, 2.05) is 17.0 Å². The highest BCUT2D eigenvalue weighted by Crippen LogP contribution is 2.27. The molecule has 2 amide bonds. The number of nitrogens with zero attached hydrogens (tertiary/aromatic N) is 4. The maximum atomic E-state index is 13.2. The second-order valence-electron chi connectivity index (χ2n) is 6.44. The molecule has 136 valence electrons. The quantitative estimate of drug-likeness (QED) is 0.827. The lowest BCUT2D eigenvalue weighted by Gasteiger charge is -2.37. The standard InChI is InChI=1S/C18H26N4O3/c1-2-25-18(24)22-12-10-21(11-13-22)17(23)16(20-8-3-4-9-20)15-6-5-7-19-14-15/h5-7,14,16H,2-4,8-13H2,1H3. The molecule has 1 unspecified atom stereocenters. The zero-order valence-electron chi connectivity index (χ0n) is 14.8. The summed E-state index contributed by atoms with van der Waals surface area (Å²) in [5, 5.41) is 0. The lowest BCUT2D eigenvalue weighted by Crippen LogP contribution is -2.53. The first-order chi connectivity index (χ1) is 12.2. The number of amides is 2. The summed E-state index contributed by atoms with van der Waals surface area (Å²) in [4.78, 5) is 35.0. The molecule has 2 fully saturated rings. The first-order valence-corrected chi connectivity index (χ1v) is 9.05. The number of ether oxygens (including phenoxy) is 1. The first-order valence-electron chi connectivity index (χ1n) is 9.05. The number of aromatic nitrogens is 1. The summed E-state index contributed by atoms with van der Waals surface area (Å²) < 4.78 is 5.04. The Morgan fingerprint density at radius 3 is 2.40 bits per heavy atom. The van der Waals surface area contributed by atoms with Crippen LogP contribution in [0.2, 0.25) is 0 Å². The largest absolute Gasteiger partial charge is 0.450 e. The van der Waals surface area contributed by atoms with Crippen molar-refractivity contribution in [2.75, 3.05) is 45.9 Å². The van der Waals surface area contributed by atoms with Crippen LogP contribution in [0.25, 0.3) is 0 Å². The fraction of sp³-hybridized carbons (Fsp3) is 0.611. The van der Waals surface area contributed by atoms with Crippen LogP contribution in [0.1, 0.15) is 31.4 Å². The summed E-state index contributed by atoms with van der Waals surface area (Å²) in [6.45, 7) is 6.17. The van der Waals surface area contributed by atoms with E-state index in [0.717, 1.165) is 31.5 Å². The Hall–Kier alpha value is -2.15. The molecule has 1 aromatic rings. The molecular formula is C18H26N4O3. The van der Waals surface area contributed by atoms with Crippen LogP contribution in [-0.4, -0.2) is 77.6 Å². The molecule has 0 aromatic carbocycles. The van der Waals surface area contributed by atoms with Crippen LogP contribution < -0.4 is 0 Å². The van der Waals surface area contributed by atoms with Gasteiger partial charge in [-0.3, -0.25) is 14.7 Å². The van der Waals surface area contributed by atoms with Crippen molar-refractivity contribution in [2.24, 2.45) is 0 Å². The Morgan fingerprint density at radius 1 is 1.12 bits per heavy atom. The Kier molecular flexibility index (Phi) is 5.86. The van der Waals surface area contributed by atoms with Crippen molar-refractivity contribution >= 4 is 12.0 Å². The second kappa shape index (κ2) is 8.29. The summed E-state index contributed by atoms with van der Waals surface area (Å²) in [5.41, 5.74) is 0.947. The average molecular weight is 346 g/mol. The van der Waals surface area contributed by atoms with E-state index in [2.05, 4.69) is 9.88 Å². The molecule has 25 heavy (non-hydrogen) atoms. The molecule has 2 aliphatic heterocycles. The Balaban J connectivity index is 1.68. The van der Waals surface area contributed by atoms with Crippen LogP contribution in [0.4, 0.5) is 4.79 Å². The minimum atomic E-state index is -0.294. The van der Waals surface area contributed by atoms with E-state index >= 15 is 0 Å². The van der Waals surface area contributed by atoms with Crippen LogP contribution in [0.5, 0.6) is 0 Å². The number of carbonyl (C=O) groups excluding carboxylic acids is 2. The van der Waals surface area contributed by atoms with Crippen molar-refractivity contribution < 1.29 is 14.3 Å². The molecule has 0 bridgehead atoms. The Bertz CT molecular complexity index is 581. The lowest BCUT2D eigenvalue weighted by molar-refractivity contribution is -0.138. The van der Waals surface area contributed by atoms with Crippen LogP contribution in [0, 0.1) is 0 Å². The zero-order chi connectivity index (χ0) is 17.6.